The van der Waals surface area contributed by atoms with Crippen LogP contribution in [-0.4, -0.2) is 41.2 Å². The van der Waals surface area contributed by atoms with Gasteiger partial charge in [0.1, 0.15) is 17.0 Å². The van der Waals surface area contributed by atoms with Gasteiger partial charge in [-0.05, 0) is 30.7 Å². The zero-order valence-electron chi connectivity index (χ0n) is 16.0. The van der Waals surface area contributed by atoms with Crippen LogP contribution < -0.4 is 10.5 Å². The van der Waals surface area contributed by atoms with Crippen molar-refractivity contribution in [3.05, 3.63) is 47.3 Å². The molecular weight excluding hydrogens is 370 g/mol. The van der Waals surface area contributed by atoms with Gasteiger partial charge in [0.15, 0.2) is 17.3 Å². The van der Waals surface area contributed by atoms with Crippen molar-refractivity contribution in [2.45, 2.75) is 19.0 Å². The topological polar surface area (TPSA) is 109 Å². The monoisotopic (exact) mass is 391 g/mol. The molecule has 1 saturated heterocycles. The van der Waals surface area contributed by atoms with E-state index in [1.165, 1.54) is 0 Å². The molecule has 0 aliphatic carbocycles. The molecule has 2 aliphatic rings. The Morgan fingerprint density at radius 3 is 3.03 bits per heavy atom. The van der Waals surface area contributed by atoms with Crippen molar-refractivity contribution in [1.29, 1.82) is 0 Å². The van der Waals surface area contributed by atoms with E-state index in [9.17, 15) is 5.11 Å². The van der Waals surface area contributed by atoms with Crippen LogP contribution in [0.15, 0.2) is 45.1 Å². The van der Waals surface area contributed by atoms with Crippen LogP contribution in [-0.2, 0) is 6.54 Å². The Kier molecular flexibility index (Phi) is 4.30. The first-order valence-corrected chi connectivity index (χ1v) is 9.52. The first kappa shape index (κ1) is 17.8. The number of ether oxygens (including phenoxy) is 1. The highest BCUT2D eigenvalue weighted by atomic mass is 16.5. The number of benzene rings is 1. The quantitative estimate of drug-likeness (QED) is 0.702. The molecule has 3 N–H and O–H groups in total. The maximum absolute atomic E-state index is 10.8. The summed E-state index contributed by atoms with van der Waals surface area (Å²) in [6.07, 6.45) is 4.33. The maximum Gasteiger partial charge on any atom is 0.183 e. The lowest BCUT2D eigenvalue weighted by molar-refractivity contribution is 0.316. The second kappa shape index (κ2) is 6.98. The Balaban J connectivity index is 1.58. The third-order valence-electron chi connectivity index (χ3n) is 5.41. The fourth-order valence-electron chi connectivity index (χ4n) is 3.93. The van der Waals surface area contributed by atoms with Crippen LogP contribution >= 0.6 is 0 Å². The van der Waals surface area contributed by atoms with E-state index in [-0.39, 0.29) is 11.8 Å². The zero-order valence-corrected chi connectivity index (χ0v) is 16.0. The van der Waals surface area contributed by atoms with E-state index in [0.717, 1.165) is 36.4 Å². The Labute approximate surface area is 167 Å². The van der Waals surface area contributed by atoms with Crippen molar-refractivity contribution < 1.29 is 14.3 Å². The number of azo groups is 1. The Morgan fingerprint density at radius 2 is 2.24 bits per heavy atom. The second-order valence-corrected chi connectivity index (χ2v) is 7.33. The van der Waals surface area contributed by atoms with Gasteiger partial charge in [-0.3, -0.25) is 4.90 Å². The lowest BCUT2D eigenvalue weighted by Gasteiger charge is -2.17. The molecule has 29 heavy (non-hydrogen) atoms. The van der Waals surface area contributed by atoms with Gasteiger partial charge < -0.3 is 20.0 Å². The summed E-state index contributed by atoms with van der Waals surface area (Å²) in [6, 6.07) is 7.56. The van der Waals surface area contributed by atoms with Gasteiger partial charge in [-0.1, -0.05) is 0 Å². The lowest BCUT2D eigenvalue weighted by atomic mass is 10.1. The highest BCUT2D eigenvalue weighted by Crippen LogP contribution is 2.41. The van der Waals surface area contributed by atoms with E-state index >= 15 is 0 Å². The zero-order chi connectivity index (χ0) is 20.0. The summed E-state index contributed by atoms with van der Waals surface area (Å²) < 4.78 is 11.7. The number of methoxy groups -OCH3 is 1. The maximum atomic E-state index is 10.8. The normalized spacial score (nSPS) is 20.1. The van der Waals surface area contributed by atoms with Crippen LogP contribution in [0.1, 0.15) is 23.3 Å². The van der Waals surface area contributed by atoms with Crippen molar-refractivity contribution in [2.75, 3.05) is 20.2 Å². The number of rotatable bonds is 4. The van der Waals surface area contributed by atoms with E-state index in [1.807, 2.05) is 18.2 Å². The molecule has 3 aromatic rings. The minimum absolute atomic E-state index is 0.0714. The number of nitrogens with two attached hydrogens (primary N) is 1. The van der Waals surface area contributed by atoms with Crippen LogP contribution in [0.5, 0.6) is 11.5 Å². The van der Waals surface area contributed by atoms with Crippen LogP contribution in [0, 0.1) is 0 Å². The molecule has 2 aromatic heterocycles. The smallest absolute Gasteiger partial charge is 0.183 e. The highest BCUT2D eigenvalue weighted by molar-refractivity contribution is 5.94. The molecule has 148 valence electrons. The van der Waals surface area contributed by atoms with Crippen molar-refractivity contribution in [2.24, 2.45) is 16.0 Å². The molecule has 0 radical (unpaired) electrons. The van der Waals surface area contributed by atoms with Gasteiger partial charge in [-0.15, -0.1) is 10.2 Å². The fourth-order valence-corrected chi connectivity index (χ4v) is 3.93. The SMILES string of the molecule is COc1ccc2c(O)c(C=C3N=Nc4ncccc43)oc2c1CN1CC[C@@H](N)C1. The van der Waals surface area contributed by atoms with Crippen LogP contribution in [0.3, 0.4) is 0 Å². The molecule has 1 fully saturated rings. The lowest BCUT2D eigenvalue weighted by Crippen LogP contribution is -2.26. The number of aromatic nitrogens is 1. The summed E-state index contributed by atoms with van der Waals surface area (Å²) in [6.45, 7) is 2.39. The summed E-state index contributed by atoms with van der Waals surface area (Å²) in [5, 5.41) is 19.7. The third-order valence-corrected chi connectivity index (χ3v) is 5.41. The average molecular weight is 391 g/mol. The number of fused-ring (bicyclic) bond motifs is 2. The van der Waals surface area contributed by atoms with Crippen LogP contribution in [0.2, 0.25) is 0 Å². The Morgan fingerprint density at radius 1 is 1.34 bits per heavy atom. The number of aromatic hydroxyl groups is 1. The molecular formula is C21H21N5O3. The molecule has 0 bridgehead atoms. The summed E-state index contributed by atoms with van der Waals surface area (Å²) in [5.41, 5.74) is 8.96. The van der Waals surface area contributed by atoms with Gasteiger partial charge in [0.05, 0.1) is 18.1 Å². The third kappa shape index (κ3) is 3.06. The van der Waals surface area contributed by atoms with Crippen molar-refractivity contribution in [3.8, 4) is 11.5 Å². The van der Waals surface area contributed by atoms with Gasteiger partial charge in [0, 0.05) is 43.5 Å². The van der Waals surface area contributed by atoms with Crippen molar-refractivity contribution in [3.63, 3.8) is 0 Å². The summed E-state index contributed by atoms with van der Waals surface area (Å²) >= 11 is 0. The first-order valence-electron chi connectivity index (χ1n) is 9.52. The van der Waals surface area contributed by atoms with Gasteiger partial charge in [0.25, 0.3) is 0 Å². The number of hydrogen-bond donors (Lipinski definition) is 2. The fraction of sp³-hybridized carbons (Fsp3) is 0.286. The summed E-state index contributed by atoms with van der Waals surface area (Å²) in [5.74, 6) is 1.68. The molecule has 8 nitrogen and oxygen atoms in total. The molecule has 0 saturated carbocycles. The average Bonchev–Trinajstić information content (AvgIpc) is 3.42. The highest BCUT2D eigenvalue weighted by Gasteiger charge is 2.25. The summed E-state index contributed by atoms with van der Waals surface area (Å²) in [4.78, 5) is 6.46. The minimum Gasteiger partial charge on any atom is -0.504 e. The number of hydrogen-bond acceptors (Lipinski definition) is 8. The van der Waals surface area contributed by atoms with Crippen molar-refractivity contribution >= 4 is 28.6 Å². The summed E-state index contributed by atoms with van der Waals surface area (Å²) in [7, 11) is 1.63. The molecule has 0 spiro atoms. The molecule has 0 amide bonds. The standard InChI is InChI=1S/C21H21N5O3/c1-28-17-5-4-14-19(27)18(9-16-13-3-2-7-23-21(13)25-24-16)29-20(14)15(17)11-26-8-6-12(22)10-26/h2-5,7,9,12,27H,6,8,10-11,22H2,1H3/t12-/m1/s1. The Bertz CT molecular complexity index is 1150. The van der Waals surface area contributed by atoms with Gasteiger partial charge in [0.2, 0.25) is 0 Å². The molecule has 1 atom stereocenters. The largest absolute Gasteiger partial charge is 0.504 e. The molecule has 0 unspecified atom stereocenters. The van der Waals surface area contributed by atoms with Crippen LogP contribution in [0.25, 0.3) is 22.7 Å². The number of pyridine rings is 1. The second-order valence-electron chi connectivity index (χ2n) is 7.33. The molecule has 2 aliphatic heterocycles. The number of likely N-dealkylation sites (tertiary alicyclic amines) is 1. The van der Waals surface area contributed by atoms with Crippen molar-refractivity contribution in [1.82, 2.24) is 9.88 Å². The minimum atomic E-state index is 0.0714. The first-order chi connectivity index (χ1) is 14.1. The van der Waals surface area contributed by atoms with Gasteiger partial charge in [-0.25, -0.2) is 4.98 Å². The molecule has 8 heteroatoms. The van der Waals surface area contributed by atoms with E-state index in [2.05, 4.69) is 20.1 Å². The number of furan rings is 1. The molecule has 5 rings (SSSR count). The van der Waals surface area contributed by atoms with E-state index in [1.54, 1.807) is 25.4 Å². The van der Waals surface area contributed by atoms with Gasteiger partial charge >= 0.3 is 0 Å². The van der Waals surface area contributed by atoms with E-state index in [4.69, 9.17) is 14.9 Å². The predicted octanol–water partition coefficient (Wildman–Crippen LogP) is 3.67. The van der Waals surface area contributed by atoms with Gasteiger partial charge in [-0.2, -0.15) is 0 Å². The Hall–Kier alpha value is -3.23. The molecule has 4 heterocycles. The van der Waals surface area contributed by atoms with E-state index < -0.39 is 0 Å². The number of nitrogens with zero attached hydrogens (tertiary/aromatic N) is 4. The predicted molar refractivity (Wildman–Crippen MR) is 109 cm³/mol. The molecule has 1 aromatic carbocycles. The van der Waals surface area contributed by atoms with Crippen LogP contribution in [0.4, 0.5) is 5.82 Å². The van der Waals surface area contributed by atoms with E-state index in [0.29, 0.717) is 34.8 Å².